The second kappa shape index (κ2) is 5.83. The lowest BCUT2D eigenvalue weighted by Gasteiger charge is -2.08. The van der Waals surface area contributed by atoms with Crippen LogP contribution in [0.1, 0.15) is 18.9 Å². The number of H-pyrrole nitrogens is 1. The third-order valence-corrected chi connectivity index (χ3v) is 4.66. The standard InChI is InChI=1S/C12H15BrN4OS/c1-3-4-17-11(18)15-16-12(17)19-10-5-7(2)9(14)6-8(10)13/h5-6H,3-4,14H2,1-2H3,(H,15,18). The molecule has 1 heterocycles. The second-order valence-corrected chi connectivity index (χ2v) is 6.07. The van der Waals surface area contributed by atoms with Gasteiger partial charge in [0.05, 0.1) is 0 Å². The summed E-state index contributed by atoms with van der Waals surface area (Å²) in [4.78, 5) is 12.6. The maximum atomic E-state index is 11.6. The van der Waals surface area contributed by atoms with Crippen molar-refractivity contribution in [2.75, 3.05) is 5.73 Å². The predicted octanol–water partition coefficient (Wildman–Crippen LogP) is 2.79. The second-order valence-electron chi connectivity index (χ2n) is 4.20. The van der Waals surface area contributed by atoms with Crippen LogP contribution in [0, 0.1) is 6.92 Å². The molecule has 0 fully saturated rings. The Balaban J connectivity index is 2.36. The first-order valence-corrected chi connectivity index (χ1v) is 7.52. The maximum Gasteiger partial charge on any atom is 0.343 e. The van der Waals surface area contributed by atoms with Gasteiger partial charge in [0.1, 0.15) is 0 Å². The van der Waals surface area contributed by atoms with E-state index in [1.807, 2.05) is 26.0 Å². The molecule has 3 N–H and O–H groups in total. The van der Waals surface area contributed by atoms with Gasteiger partial charge in [-0.3, -0.25) is 4.57 Å². The van der Waals surface area contributed by atoms with Crippen molar-refractivity contribution in [1.29, 1.82) is 0 Å². The summed E-state index contributed by atoms with van der Waals surface area (Å²) in [7, 11) is 0. The number of nitrogen functional groups attached to an aromatic ring is 1. The number of nitrogens with one attached hydrogen (secondary N) is 1. The van der Waals surface area contributed by atoms with Crippen LogP contribution < -0.4 is 11.4 Å². The molecule has 0 atom stereocenters. The highest BCUT2D eigenvalue weighted by atomic mass is 79.9. The lowest BCUT2D eigenvalue weighted by atomic mass is 10.2. The average molecular weight is 343 g/mol. The Morgan fingerprint density at radius 1 is 1.53 bits per heavy atom. The Hall–Kier alpha value is -1.21. The molecular formula is C12H15BrN4OS. The van der Waals surface area contributed by atoms with Crippen LogP contribution in [0.5, 0.6) is 0 Å². The fourth-order valence-electron chi connectivity index (χ4n) is 1.65. The number of hydrogen-bond acceptors (Lipinski definition) is 4. The minimum absolute atomic E-state index is 0.173. The van der Waals surface area contributed by atoms with Crippen LogP contribution in [0.3, 0.4) is 0 Å². The van der Waals surface area contributed by atoms with Gasteiger partial charge in [0.25, 0.3) is 0 Å². The summed E-state index contributed by atoms with van der Waals surface area (Å²) in [6, 6.07) is 3.85. The molecule has 2 rings (SSSR count). The quantitative estimate of drug-likeness (QED) is 0.837. The van der Waals surface area contributed by atoms with Crippen LogP contribution in [0.15, 0.2) is 31.5 Å². The van der Waals surface area contributed by atoms with Gasteiger partial charge in [-0.2, -0.15) is 0 Å². The van der Waals surface area contributed by atoms with E-state index in [2.05, 4.69) is 26.1 Å². The Labute approximate surface area is 123 Å². The fourth-order valence-corrected chi connectivity index (χ4v) is 3.22. The molecular weight excluding hydrogens is 328 g/mol. The molecule has 0 bridgehead atoms. The number of rotatable bonds is 4. The summed E-state index contributed by atoms with van der Waals surface area (Å²) < 4.78 is 2.54. The van der Waals surface area contributed by atoms with Crippen molar-refractivity contribution < 1.29 is 0 Å². The Morgan fingerprint density at radius 3 is 2.95 bits per heavy atom. The Bertz CT molecular complexity index is 650. The first-order chi connectivity index (χ1) is 9.02. The van der Waals surface area contributed by atoms with E-state index in [1.54, 1.807) is 4.57 Å². The molecule has 2 aromatic rings. The third-order valence-electron chi connectivity index (χ3n) is 2.69. The molecule has 0 aliphatic rings. The molecule has 1 aromatic heterocycles. The molecule has 1 aromatic carbocycles. The van der Waals surface area contributed by atoms with E-state index >= 15 is 0 Å². The van der Waals surface area contributed by atoms with Gasteiger partial charge >= 0.3 is 5.69 Å². The van der Waals surface area contributed by atoms with Crippen LogP contribution >= 0.6 is 27.7 Å². The first-order valence-electron chi connectivity index (χ1n) is 5.91. The fraction of sp³-hybridized carbons (Fsp3) is 0.333. The van der Waals surface area contributed by atoms with Crippen molar-refractivity contribution in [2.24, 2.45) is 0 Å². The van der Waals surface area contributed by atoms with Crippen molar-refractivity contribution in [3.63, 3.8) is 0 Å². The van der Waals surface area contributed by atoms with E-state index in [1.165, 1.54) is 11.8 Å². The van der Waals surface area contributed by atoms with Crippen molar-refractivity contribution >= 4 is 33.4 Å². The van der Waals surface area contributed by atoms with Gasteiger partial charge in [-0.1, -0.05) is 6.92 Å². The van der Waals surface area contributed by atoms with E-state index in [9.17, 15) is 4.79 Å². The van der Waals surface area contributed by atoms with Gasteiger partial charge in [0, 0.05) is 21.6 Å². The zero-order valence-corrected chi connectivity index (χ0v) is 13.1. The van der Waals surface area contributed by atoms with Crippen LogP contribution in [0.25, 0.3) is 0 Å². The Morgan fingerprint density at radius 2 is 2.26 bits per heavy atom. The summed E-state index contributed by atoms with van der Waals surface area (Å²) in [5, 5.41) is 7.21. The topological polar surface area (TPSA) is 76.7 Å². The highest BCUT2D eigenvalue weighted by molar-refractivity contribution is 9.10. The smallest absolute Gasteiger partial charge is 0.343 e. The largest absolute Gasteiger partial charge is 0.398 e. The molecule has 0 amide bonds. The molecule has 7 heteroatoms. The average Bonchev–Trinajstić information content (AvgIpc) is 2.69. The van der Waals surface area contributed by atoms with E-state index in [0.717, 1.165) is 27.0 Å². The van der Waals surface area contributed by atoms with Crippen molar-refractivity contribution in [3.8, 4) is 0 Å². The van der Waals surface area contributed by atoms with Gasteiger partial charge in [-0.15, -0.1) is 5.10 Å². The van der Waals surface area contributed by atoms with Crippen LogP contribution in [-0.4, -0.2) is 14.8 Å². The molecule has 0 saturated heterocycles. The normalized spacial score (nSPS) is 10.9. The summed E-state index contributed by atoms with van der Waals surface area (Å²) >= 11 is 4.93. The molecule has 102 valence electrons. The highest BCUT2D eigenvalue weighted by Crippen LogP contribution is 2.34. The van der Waals surface area contributed by atoms with Crippen molar-refractivity contribution in [2.45, 2.75) is 36.9 Å². The molecule has 0 spiro atoms. The number of nitrogens with zero attached hydrogens (tertiary/aromatic N) is 2. The van der Waals surface area contributed by atoms with Crippen LogP contribution in [-0.2, 0) is 6.54 Å². The van der Waals surface area contributed by atoms with Crippen molar-refractivity contribution in [3.05, 3.63) is 32.7 Å². The number of aromatic nitrogens is 3. The number of hydrogen-bond donors (Lipinski definition) is 2. The van der Waals surface area contributed by atoms with Crippen molar-refractivity contribution in [1.82, 2.24) is 14.8 Å². The number of nitrogens with two attached hydrogens (primary N) is 1. The minimum Gasteiger partial charge on any atom is -0.398 e. The summed E-state index contributed by atoms with van der Waals surface area (Å²) in [6.45, 7) is 4.63. The van der Waals surface area contributed by atoms with E-state index in [4.69, 9.17) is 5.73 Å². The molecule has 0 aliphatic heterocycles. The van der Waals surface area contributed by atoms with E-state index < -0.39 is 0 Å². The number of aryl methyl sites for hydroxylation is 1. The summed E-state index contributed by atoms with van der Waals surface area (Å²) in [6.07, 6.45) is 0.884. The first kappa shape index (κ1) is 14.2. The molecule has 0 unspecified atom stereocenters. The minimum atomic E-state index is -0.173. The summed E-state index contributed by atoms with van der Waals surface area (Å²) in [5.74, 6) is 0. The molecule has 19 heavy (non-hydrogen) atoms. The van der Waals surface area contributed by atoms with E-state index in [0.29, 0.717) is 11.7 Å². The predicted molar refractivity (Wildman–Crippen MR) is 80.6 cm³/mol. The highest BCUT2D eigenvalue weighted by Gasteiger charge is 2.12. The third kappa shape index (κ3) is 3.03. The zero-order chi connectivity index (χ0) is 14.0. The number of benzene rings is 1. The zero-order valence-electron chi connectivity index (χ0n) is 10.7. The molecule has 0 radical (unpaired) electrons. The molecule has 0 aliphatic carbocycles. The van der Waals surface area contributed by atoms with Gasteiger partial charge in [0.2, 0.25) is 0 Å². The van der Waals surface area contributed by atoms with Crippen LogP contribution in [0.2, 0.25) is 0 Å². The van der Waals surface area contributed by atoms with Crippen LogP contribution in [0.4, 0.5) is 5.69 Å². The van der Waals surface area contributed by atoms with Gasteiger partial charge < -0.3 is 5.73 Å². The Kier molecular flexibility index (Phi) is 4.36. The number of halogens is 1. The summed E-state index contributed by atoms with van der Waals surface area (Å²) in [5.41, 5.74) is 7.42. The molecule has 5 nitrogen and oxygen atoms in total. The number of anilines is 1. The maximum absolute atomic E-state index is 11.6. The number of aromatic amines is 1. The lowest BCUT2D eigenvalue weighted by Crippen LogP contribution is -2.17. The molecule has 0 saturated carbocycles. The lowest BCUT2D eigenvalue weighted by molar-refractivity contribution is 0.604. The van der Waals surface area contributed by atoms with E-state index in [-0.39, 0.29) is 5.69 Å². The SMILES string of the molecule is CCCn1c(Sc2cc(C)c(N)cc2Br)n[nH]c1=O. The van der Waals surface area contributed by atoms with Gasteiger partial charge in [0.15, 0.2) is 5.16 Å². The van der Waals surface area contributed by atoms with Gasteiger partial charge in [-0.25, -0.2) is 9.89 Å². The monoisotopic (exact) mass is 342 g/mol. The van der Waals surface area contributed by atoms with Gasteiger partial charge in [-0.05, 0) is 58.7 Å².